The molecule has 0 atom stereocenters. The third-order valence-corrected chi connectivity index (χ3v) is 2.13. The minimum absolute atomic E-state index is 0.0802. The Morgan fingerprint density at radius 3 is 2.93 bits per heavy atom. The normalized spacial score (nSPS) is 10.1. The van der Waals surface area contributed by atoms with Crippen molar-refractivity contribution in [1.82, 2.24) is 0 Å². The molecule has 0 aliphatic heterocycles. The van der Waals surface area contributed by atoms with E-state index in [-0.39, 0.29) is 6.61 Å². The van der Waals surface area contributed by atoms with Crippen LogP contribution in [0.5, 0.6) is 0 Å². The van der Waals surface area contributed by atoms with E-state index in [2.05, 4.69) is 21.2 Å². The highest BCUT2D eigenvalue weighted by molar-refractivity contribution is 9.10. The van der Waals surface area contributed by atoms with E-state index in [0.29, 0.717) is 13.2 Å². The molecule has 0 saturated heterocycles. The van der Waals surface area contributed by atoms with E-state index in [4.69, 9.17) is 9.84 Å². The number of aliphatic hydroxyl groups is 1. The van der Waals surface area contributed by atoms with Crippen LogP contribution in [0.3, 0.4) is 0 Å². The molecule has 14 heavy (non-hydrogen) atoms. The lowest BCUT2D eigenvalue weighted by atomic mass is 10.3. The fraction of sp³-hybridized carbons (Fsp3) is 0.400. The number of ether oxygens (including phenoxy) is 1. The number of hydrogen-bond donors (Lipinski definition) is 2. The van der Waals surface area contributed by atoms with Gasteiger partial charge in [-0.2, -0.15) is 0 Å². The van der Waals surface area contributed by atoms with Gasteiger partial charge in [-0.1, -0.05) is 22.0 Å². The first-order chi connectivity index (χ1) is 6.83. The number of aliphatic hydroxyl groups excluding tert-OH is 1. The average molecular weight is 260 g/mol. The number of hydrogen-bond acceptors (Lipinski definition) is 3. The fourth-order valence-electron chi connectivity index (χ4n) is 1.03. The highest BCUT2D eigenvalue weighted by Gasteiger charge is 1.92. The highest BCUT2D eigenvalue weighted by atomic mass is 79.9. The van der Waals surface area contributed by atoms with E-state index in [9.17, 15) is 0 Å². The van der Waals surface area contributed by atoms with Crippen LogP contribution in [0.25, 0.3) is 0 Å². The summed E-state index contributed by atoms with van der Waals surface area (Å²) in [7, 11) is 0. The molecule has 1 aromatic carbocycles. The zero-order valence-electron chi connectivity index (χ0n) is 7.87. The SMILES string of the molecule is OCCOCCNc1cccc(Br)c1. The number of benzene rings is 1. The molecule has 0 aromatic heterocycles. The molecular weight excluding hydrogens is 246 g/mol. The minimum atomic E-state index is 0.0802. The van der Waals surface area contributed by atoms with Crippen molar-refractivity contribution in [2.45, 2.75) is 0 Å². The molecule has 3 nitrogen and oxygen atoms in total. The maximum Gasteiger partial charge on any atom is 0.0698 e. The van der Waals surface area contributed by atoms with E-state index in [0.717, 1.165) is 16.7 Å². The highest BCUT2D eigenvalue weighted by Crippen LogP contribution is 2.14. The van der Waals surface area contributed by atoms with Crippen molar-refractivity contribution in [1.29, 1.82) is 0 Å². The monoisotopic (exact) mass is 259 g/mol. The van der Waals surface area contributed by atoms with Crippen molar-refractivity contribution in [3.8, 4) is 0 Å². The summed E-state index contributed by atoms with van der Waals surface area (Å²) >= 11 is 3.39. The van der Waals surface area contributed by atoms with Crippen LogP contribution in [0.1, 0.15) is 0 Å². The Labute approximate surface area is 92.2 Å². The third kappa shape index (κ3) is 4.60. The van der Waals surface area contributed by atoms with Gasteiger partial charge in [-0.25, -0.2) is 0 Å². The molecule has 0 spiro atoms. The smallest absolute Gasteiger partial charge is 0.0698 e. The Hall–Kier alpha value is -0.580. The van der Waals surface area contributed by atoms with Gasteiger partial charge in [0.2, 0.25) is 0 Å². The molecule has 0 bridgehead atoms. The van der Waals surface area contributed by atoms with Crippen LogP contribution >= 0.6 is 15.9 Å². The molecule has 78 valence electrons. The lowest BCUT2D eigenvalue weighted by molar-refractivity contribution is 0.0992. The molecule has 1 rings (SSSR count). The summed E-state index contributed by atoms with van der Waals surface area (Å²) in [6.45, 7) is 1.83. The van der Waals surface area contributed by atoms with E-state index >= 15 is 0 Å². The molecule has 0 heterocycles. The molecule has 0 aliphatic rings. The number of anilines is 1. The van der Waals surface area contributed by atoms with Crippen LogP contribution in [-0.4, -0.2) is 31.5 Å². The van der Waals surface area contributed by atoms with E-state index in [1.807, 2.05) is 24.3 Å². The number of nitrogens with one attached hydrogen (secondary N) is 1. The van der Waals surface area contributed by atoms with E-state index < -0.39 is 0 Å². The number of halogens is 1. The van der Waals surface area contributed by atoms with Crippen molar-refractivity contribution in [2.24, 2.45) is 0 Å². The van der Waals surface area contributed by atoms with Crippen molar-refractivity contribution < 1.29 is 9.84 Å². The summed E-state index contributed by atoms with van der Waals surface area (Å²) in [4.78, 5) is 0. The van der Waals surface area contributed by atoms with Crippen molar-refractivity contribution in [2.75, 3.05) is 31.7 Å². The average Bonchev–Trinajstić information content (AvgIpc) is 2.18. The van der Waals surface area contributed by atoms with Gasteiger partial charge in [-0.3, -0.25) is 0 Å². The minimum Gasteiger partial charge on any atom is -0.394 e. The van der Waals surface area contributed by atoms with Crippen LogP contribution in [0, 0.1) is 0 Å². The molecule has 0 amide bonds. The Bertz CT molecular complexity index is 268. The first-order valence-corrected chi connectivity index (χ1v) is 5.30. The number of rotatable bonds is 6. The van der Waals surface area contributed by atoms with Gasteiger partial charge in [0.1, 0.15) is 0 Å². The lowest BCUT2D eigenvalue weighted by Gasteiger charge is -2.06. The fourth-order valence-corrected chi connectivity index (χ4v) is 1.43. The van der Waals surface area contributed by atoms with Crippen LogP contribution < -0.4 is 5.32 Å². The van der Waals surface area contributed by atoms with Gasteiger partial charge in [-0.05, 0) is 18.2 Å². The topological polar surface area (TPSA) is 41.5 Å². The Balaban J connectivity index is 2.18. The molecule has 0 unspecified atom stereocenters. The molecule has 2 N–H and O–H groups in total. The lowest BCUT2D eigenvalue weighted by Crippen LogP contribution is -2.11. The second kappa shape index (κ2) is 6.81. The second-order valence-electron chi connectivity index (χ2n) is 2.77. The molecule has 4 heteroatoms. The summed E-state index contributed by atoms with van der Waals surface area (Å²) in [6, 6.07) is 7.96. The van der Waals surface area contributed by atoms with Crippen LogP contribution in [0.4, 0.5) is 5.69 Å². The molecule has 0 radical (unpaired) electrons. The molecular formula is C10H14BrNO2. The van der Waals surface area contributed by atoms with Gasteiger partial charge in [0, 0.05) is 16.7 Å². The third-order valence-electron chi connectivity index (χ3n) is 1.64. The maximum atomic E-state index is 8.47. The Morgan fingerprint density at radius 2 is 2.21 bits per heavy atom. The van der Waals surface area contributed by atoms with Gasteiger partial charge >= 0.3 is 0 Å². The molecule has 0 fully saturated rings. The molecule has 1 aromatic rings. The summed E-state index contributed by atoms with van der Waals surface area (Å²) in [6.07, 6.45) is 0. The van der Waals surface area contributed by atoms with Crippen molar-refractivity contribution >= 4 is 21.6 Å². The van der Waals surface area contributed by atoms with Crippen LogP contribution in [0.15, 0.2) is 28.7 Å². The van der Waals surface area contributed by atoms with Gasteiger partial charge in [0.25, 0.3) is 0 Å². The Kier molecular flexibility index (Phi) is 5.59. The van der Waals surface area contributed by atoms with Crippen LogP contribution in [0.2, 0.25) is 0 Å². The summed E-state index contributed by atoms with van der Waals surface area (Å²) in [5, 5.41) is 11.7. The zero-order valence-corrected chi connectivity index (χ0v) is 9.46. The summed E-state index contributed by atoms with van der Waals surface area (Å²) in [5.74, 6) is 0. The molecule has 0 aliphatic carbocycles. The van der Waals surface area contributed by atoms with Crippen molar-refractivity contribution in [3.63, 3.8) is 0 Å². The summed E-state index contributed by atoms with van der Waals surface area (Å²) in [5.41, 5.74) is 1.06. The first kappa shape index (κ1) is 11.5. The zero-order chi connectivity index (χ0) is 10.2. The van der Waals surface area contributed by atoms with Crippen LogP contribution in [-0.2, 0) is 4.74 Å². The standard InChI is InChI=1S/C10H14BrNO2/c11-9-2-1-3-10(8-9)12-4-6-14-7-5-13/h1-3,8,12-13H,4-7H2. The first-order valence-electron chi connectivity index (χ1n) is 4.51. The van der Waals surface area contributed by atoms with Gasteiger partial charge < -0.3 is 15.2 Å². The predicted octanol–water partition coefficient (Wildman–Crippen LogP) is 1.87. The van der Waals surface area contributed by atoms with Gasteiger partial charge in [-0.15, -0.1) is 0 Å². The van der Waals surface area contributed by atoms with Crippen molar-refractivity contribution in [3.05, 3.63) is 28.7 Å². The Morgan fingerprint density at radius 1 is 1.36 bits per heavy atom. The van der Waals surface area contributed by atoms with Gasteiger partial charge in [0.05, 0.1) is 19.8 Å². The maximum absolute atomic E-state index is 8.47. The second-order valence-corrected chi connectivity index (χ2v) is 3.69. The summed E-state index contributed by atoms with van der Waals surface area (Å²) < 4.78 is 6.16. The largest absolute Gasteiger partial charge is 0.394 e. The van der Waals surface area contributed by atoms with E-state index in [1.54, 1.807) is 0 Å². The quantitative estimate of drug-likeness (QED) is 0.767. The molecule has 0 saturated carbocycles. The van der Waals surface area contributed by atoms with E-state index in [1.165, 1.54) is 0 Å². The van der Waals surface area contributed by atoms with Gasteiger partial charge in [0.15, 0.2) is 0 Å². The predicted molar refractivity (Wildman–Crippen MR) is 60.5 cm³/mol.